The maximum absolute atomic E-state index is 15.2. The van der Waals surface area contributed by atoms with E-state index in [1.165, 1.54) is 6.07 Å². The molecule has 0 bridgehead atoms. The number of halogens is 10. The van der Waals surface area contributed by atoms with Gasteiger partial charge in [-0.25, -0.2) is 22.0 Å². The van der Waals surface area contributed by atoms with Crippen LogP contribution in [0.2, 0.25) is 0 Å². The summed E-state index contributed by atoms with van der Waals surface area (Å²) in [6.45, 7) is 1.95. The van der Waals surface area contributed by atoms with E-state index in [0.717, 1.165) is 25.0 Å². The molecule has 12 heteroatoms. The van der Waals surface area contributed by atoms with Crippen molar-refractivity contribution in [1.82, 2.24) is 0 Å². The molecule has 0 heterocycles. The summed E-state index contributed by atoms with van der Waals surface area (Å²) in [7, 11) is 0. The minimum absolute atomic E-state index is 0.0491. The highest BCUT2D eigenvalue weighted by Gasteiger charge is 2.44. The normalized spacial score (nSPS) is 12.2. The maximum atomic E-state index is 15.2. The molecular weight excluding hydrogens is 522 g/mol. The number of unbranched alkanes of at least 4 members (excludes halogenated alkanes) is 2. The zero-order valence-corrected chi connectivity index (χ0v) is 18.9. The molecule has 0 radical (unpaired) electrons. The molecule has 37 heavy (non-hydrogen) atoms. The highest BCUT2D eigenvalue weighted by Crippen LogP contribution is 2.44. The Morgan fingerprint density at radius 3 is 1.89 bits per heavy atom. The monoisotopic (exact) mass is 540 g/mol. The second-order valence-electron chi connectivity index (χ2n) is 8.09. The average molecular weight is 540 g/mol. The van der Waals surface area contributed by atoms with Crippen molar-refractivity contribution in [2.75, 3.05) is 0 Å². The largest absolute Gasteiger partial charge is 0.507 e. The van der Waals surface area contributed by atoms with Gasteiger partial charge in [-0.1, -0.05) is 31.9 Å². The van der Waals surface area contributed by atoms with Crippen LogP contribution in [0.15, 0.2) is 36.4 Å². The quantitative estimate of drug-likeness (QED) is 0.229. The van der Waals surface area contributed by atoms with Gasteiger partial charge in [0.1, 0.15) is 45.9 Å². The van der Waals surface area contributed by atoms with E-state index < -0.39 is 75.1 Å². The highest BCUT2D eigenvalue weighted by atomic mass is 19.4. The van der Waals surface area contributed by atoms with E-state index in [-0.39, 0.29) is 18.2 Å². The Balaban J connectivity index is 2.04. The van der Waals surface area contributed by atoms with E-state index in [1.54, 1.807) is 0 Å². The van der Waals surface area contributed by atoms with Crippen LogP contribution in [0.3, 0.4) is 0 Å². The number of aryl methyl sites for hydroxylation is 1. The van der Waals surface area contributed by atoms with Crippen molar-refractivity contribution < 1.29 is 53.7 Å². The fourth-order valence-corrected chi connectivity index (χ4v) is 3.70. The summed E-state index contributed by atoms with van der Waals surface area (Å²) >= 11 is 0. The molecule has 0 fully saturated rings. The van der Waals surface area contributed by atoms with Crippen LogP contribution in [0.4, 0.5) is 43.9 Å². The average Bonchev–Trinajstić information content (AvgIpc) is 2.72. The Morgan fingerprint density at radius 1 is 0.757 bits per heavy atom. The lowest BCUT2D eigenvalue weighted by Crippen LogP contribution is -2.26. The van der Waals surface area contributed by atoms with Gasteiger partial charge in [-0.15, -0.1) is 0 Å². The summed E-state index contributed by atoms with van der Waals surface area (Å²) in [5.74, 6) is -12.7. The minimum atomic E-state index is -5.51. The van der Waals surface area contributed by atoms with E-state index >= 15 is 4.39 Å². The molecule has 0 amide bonds. The first kappa shape index (κ1) is 28.1. The number of phenolic OH excluding ortho intramolecular Hbond substituents is 1. The number of aromatic hydroxyl groups is 1. The Kier molecular flexibility index (Phi) is 7.99. The topological polar surface area (TPSA) is 29.5 Å². The molecule has 0 aliphatic rings. The summed E-state index contributed by atoms with van der Waals surface area (Å²) in [4.78, 5) is 0. The molecule has 200 valence electrons. The molecule has 0 saturated carbocycles. The molecule has 0 aliphatic heterocycles. The summed E-state index contributed by atoms with van der Waals surface area (Å²) in [6.07, 6.45) is -7.66. The number of phenols is 1. The predicted octanol–water partition coefficient (Wildman–Crippen LogP) is 8.63. The summed E-state index contributed by atoms with van der Waals surface area (Å²) in [6, 6.07) is 2.92. The fourth-order valence-electron chi connectivity index (χ4n) is 3.70. The first-order valence-electron chi connectivity index (χ1n) is 10.8. The summed E-state index contributed by atoms with van der Waals surface area (Å²) < 4.78 is 143. The number of hydrogen-bond acceptors (Lipinski definition) is 2. The standard InChI is InChI=1S/C25H18F10O2/c1-2-3-4-5-12-6-7-14(15(26)8-12)20-19(36)11-18(29)22(23(20)30)25(34,35)37-13-9-16(27)21(17(28)10-13)24(31,32)33/h6-11,36H,2-5H2,1H3. The third-order valence-corrected chi connectivity index (χ3v) is 5.41. The van der Waals surface area contributed by atoms with Gasteiger partial charge in [-0.2, -0.15) is 22.0 Å². The Labute approximate surface area is 204 Å². The van der Waals surface area contributed by atoms with Gasteiger partial charge in [-0.05, 0) is 24.5 Å². The molecule has 3 aromatic rings. The predicted molar refractivity (Wildman–Crippen MR) is 113 cm³/mol. The van der Waals surface area contributed by atoms with Gasteiger partial charge in [0.25, 0.3) is 0 Å². The van der Waals surface area contributed by atoms with Gasteiger partial charge in [-0.3, -0.25) is 0 Å². The van der Waals surface area contributed by atoms with Crippen LogP contribution in [0.5, 0.6) is 11.5 Å². The van der Waals surface area contributed by atoms with Crippen LogP contribution in [0.1, 0.15) is 42.9 Å². The lowest BCUT2D eigenvalue weighted by Gasteiger charge is -2.22. The van der Waals surface area contributed by atoms with Gasteiger partial charge in [0.2, 0.25) is 0 Å². The molecule has 0 atom stereocenters. The van der Waals surface area contributed by atoms with Crippen LogP contribution in [0, 0.1) is 29.1 Å². The first-order chi connectivity index (χ1) is 17.2. The van der Waals surface area contributed by atoms with E-state index in [2.05, 4.69) is 4.74 Å². The van der Waals surface area contributed by atoms with Crippen molar-refractivity contribution in [1.29, 1.82) is 0 Å². The first-order valence-corrected chi connectivity index (χ1v) is 10.8. The van der Waals surface area contributed by atoms with Crippen molar-refractivity contribution >= 4 is 0 Å². The number of rotatable bonds is 8. The lowest BCUT2D eigenvalue weighted by atomic mass is 9.97. The van der Waals surface area contributed by atoms with Gasteiger partial charge >= 0.3 is 12.3 Å². The van der Waals surface area contributed by atoms with E-state index in [9.17, 15) is 44.6 Å². The Hall–Kier alpha value is -3.44. The van der Waals surface area contributed by atoms with Gasteiger partial charge < -0.3 is 9.84 Å². The molecule has 2 nitrogen and oxygen atoms in total. The smallest absolute Gasteiger partial charge is 0.432 e. The number of benzene rings is 3. The van der Waals surface area contributed by atoms with E-state index in [0.29, 0.717) is 18.4 Å². The maximum Gasteiger partial charge on any atom is 0.432 e. The lowest BCUT2D eigenvalue weighted by molar-refractivity contribution is -0.189. The summed E-state index contributed by atoms with van der Waals surface area (Å²) in [5, 5.41) is 10.0. The van der Waals surface area contributed by atoms with Gasteiger partial charge in [0.05, 0.1) is 5.56 Å². The molecule has 0 aromatic heterocycles. The van der Waals surface area contributed by atoms with Crippen molar-refractivity contribution in [3.8, 4) is 22.6 Å². The van der Waals surface area contributed by atoms with Gasteiger partial charge in [0, 0.05) is 23.8 Å². The molecule has 0 spiro atoms. The van der Waals surface area contributed by atoms with Crippen LogP contribution < -0.4 is 4.74 Å². The minimum Gasteiger partial charge on any atom is -0.507 e. The molecule has 3 aromatic carbocycles. The van der Waals surface area contributed by atoms with Crippen molar-refractivity contribution in [3.05, 3.63) is 82.2 Å². The van der Waals surface area contributed by atoms with Crippen molar-refractivity contribution in [2.24, 2.45) is 0 Å². The molecule has 1 N–H and O–H groups in total. The van der Waals surface area contributed by atoms with E-state index in [4.69, 9.17) is 0 Å². The molecular formula is C25H18F10O2. The van der Waals surface area contributed by atoms with Crippen molar-refractivity contribution in [3.63, 3.8) is 0 Å². The van der Waals surface area contributed by atoms with Crippen LogP contribution >= 0.6 is 0 Å². The van der Waals surface area contributed by atoms with Crippen LogP contribution in [-0.4, -0.2) is 5.11 Å². The SMILES string of the molecule is CCCCCc1ccc(-c2c(O)cc(F)c(C(F)(F)Oc3cc(F)c(C(F)(F)F)c(F)c3)c2F)c(F)c1. The van der Waals surface area contributed by atoms with Crippen LogP contribution in [0.25, 0.3) is 11.1 Å². The zero-order valence-electron chi connectivity index (χ0n) is 18.9. The zero-order chi connectivity index (χ0) is 27.7. The number of hydrogen-bond donors (Lipinski definition) is 1. The molecule has 0 saturated heterocycles. The number of alkyl halides is 5. The third kappa shape index (κ3) is 5.94. The second kappa shape index (κ2) is 10.5. The Morgan fingerprint density at radius 2 is 1.35 bits per heavy atom. The highest BCUT2D eigenvalue weighted by molar-refractivity contribution is 5.73. The van der Waals surface area contributed by atoms with Gasteiger partial charge in [0.15, 0.2) is 5.82 Å². The van der Waals surface area contributed by atoms with E-state index in [1.807, 2.05) is 6.92 Å². The second-order valence-corrected chi connectivity index (χ2v) is 8.09. The fraction of sp³-hybridized carbons (Fsp3) is 0.280. The summed E-state index contributed by atoms with van der Waals surface area (Å²) in [5.41, 5.74) is -5.91. The molecule has 0 unspecified atom stereocenters. The third-order valence-electron chi connectivity index (χ3n) is 5.41. The molecule has 3 rings (SSSR count). The van der Waals surface area contributed by atoms with Crippen molar-refractivity contribution in [2.45, 2.75) is 44.9 Å². The Bertz CT molecular complexity index is 1280. The number of ether oxygens (including phenoxy) is 1. The van der Waals surface area contributed by atoms with Crippen LogP contribution in [-0.2, 0) is 18.7 Å². The molecule has 0 aliphatic carbocycles.